The van der Waals surface area contributed by atoms with Crippen LogP contribution in [0.5, 0.6) is 0 Å². The monoisotopic (exact) mass is 281 g/mol. The second kappa shape index (κ2) is 4.59. The first-order valence-electron chi connectivity index (χ1n) is 4.36. The van der Waals surface area contributed by atoms with Crippen LogP contribution >= 0.6 is 27.3 Å². The molecule has 0 aliphatic rings. The molecule has 0 fully saturated rings. The van der Waals surface area contributed by atoms with Crippen molar-refractivity contribution in [3.8, 4) is 0 Å². The molecule has 4 heteroatoms. The van der Waals surface area contributed by atoms with E-state index in [1.165, 1.54) is 11.3 Å². The van der Waals surface area contributed by atoms with Crippen LogP contribution in [0.4, 0.5) is 5.69 Å². The summed E-state index contributed by atoms with van der Waals surface area (Å²) in [5.74, 6) is -0.0627. The van der Waals surface area contributed by atoms with Gasteiger partial charge in [0.2, 0.25) is 0 Å². The van der Waals surface area contributed by atoms with Crippen LogP contribution in [0.15, 0.2) is 46.3 Å². The molecular formula is C11H8BrNOS. The topological polar surface area (TPSA) is 29.1 Å². The zero-order valence-corrected chi connectivity index (χ0v) is 10.1. The fourth-order valence-electron chi connectivity index (χ4n) is 1.13. The lowest BCUT2D eigenvalue weighted by molar-refractivity contribution is 0.103. The second-order valence-corrected chi connectivity index (χ2v) is 4.80. The van der Waals surface area contributed by atoms with E-state index in [1.54, 1.807) is 6.07 Å². The van der Waals surface area contributed by atoms with Crippen molar-refractivity contribution in [3.05, 3.63) is 51.1 Å². The number of carbonyl (C=O) groups excluding carboxylic acids is 1. The number of amides is 1. The van der Waals surface area contributed by atoms with Gasteiger partial charge in [-0.15, -0.1) is 11.3 Å². The van der Waals surface area contributed by atoms with E-state index in [2.05, 4.69) is 21.2 Å². The molecule has 1 heterocycles. The van der Waals surface area contributed by atoms with Crippen LogP contribution in [0.1, 0.15) is 9.67 Å². The Kier molecular flexibility index (Phi) is 3.18. The quantitative estimate of drug-likeness (QED) is 0.892. The highest BCUT2D eigenvalue weighted by Gasteiger charge is 2.05. The lowest BCUT2D eigenvalue weighted by atomic mass is 10.3. The normalized spacial score (nSPS) is 9.93. The molecule has 2 aromatic rings. The molecule has 1 amide bonds. The minimum atomic E-state index is -0.0627. The number of nitrogens with one attached hydrogen (secondary N) is 1. The Balaban J connectivity index is 2.09. The minimum absolute atomic E-state index is 0.0627. The first-order valence-corrected chi connectivity index (χ1v) is 6.03. The van der Waals surface area contributed by atoms with Crippen molar-refractivity contribution < 1.29 is 4.79 Å². The molecule has 1 N–H and O–H groups in total. The molecular weight excluding hydrogens is 274 g/mol. The molecule has 0 atom stereocenters. The number of hydrogen-bond acceptors (Lipinski definition) is 2. The molecule has 0 aliphatic carbocycles. The summed E-state index contributed by atoms with van der Waals surface area (Å²) in [5, 5.41) is 4.71. The Morgan fingerprint density at radius 2 is 1.93 bits per heavy atom. The average molecular weight is 282 g/mol. The molecule has 2 nitrogen and oxygen atoms in total. The zero-order chi connectivity index (χ0) is 10.7. The smallest absolute Gasteiger partial charge is 0.265 e. The maximum absolute atomic E-state index is 11.6. The Morgan fingerprint density at radius 3 is 2.53 bits per heavy atom. The summed E-state index contributed by atoms with van der Waals surface area (Å²) in [5.41, 5.74) is 0.802. The summed E-state index contributed by atoms with van der Waals surface area (Å²) in [4.78, 5) is 12.4. The van der Waals surface area contributed by atoms with E-state index in [4.69, 9.17) is 0 Å². The summed E-state index contributed by atoms with van der Waals surface area (Å²) in [6, 6.07) is 11.2. The van der Waals surface area contributed by atoms with Crippen LogP contribution in [0, 0.1) is 0 Å². The SMILES string of the molecule is O=C(Nc1ccc(Br)cc1)c1cccs1. The number of anilines is 1. The summed E-state index contributed by atoms with van der Waals surface area (Å²) >= 11 is 4.77. The molecule has 0 radical (unpaired) electrons. The van der Waals surface area contributed by atoms with E-state index in [0.717, 1.165) is 15.0 Å². The Morgan fingerprint density at radius 1 is 1.20 bits per heavy atom. The van der Waals surface area contributed by atoms with E-state index in [0.29, 0.717) is 0 Å². The molecule has 0 aliphatic heterocycles. The summed E-state index contributed by atoms with van der Waals surface area (Å²) in [6.45, 7) is 0. The van der Waals surface area contributed by atoms with Crippen molar-refractivity contribution in [2.45, 2.75) is 0 Å². The Hall–Kier alpha value is -1.13. The van der Waals surface area contributed by atoms with Gasteiger partial charge in [-0.2, -0.15) is 0 Å². The fourth-order valence-corrected chi connectivity index (χ4v) is 2.02. The lowest BCUT2D eigenvalue weighted by Crippen LogP contribution is -2.09. The van der Waals surface area contributed by atoms with Crippen molar-refractivity contribution >= 4 is 38.9 Å². The van der Waals surface area contributed by atoms with Crippen molar-refractivity contribution in [2.24, 2.45) is 0 Å². The number of benzene rings is 1. The molecule has 2 rings (SSSR count). The molecule has 1 aromatic heterocycles. The molecule has 0 saturated heterocycles. The van der Waals surface area contributed by atoms with E-state index < -0.39 is 0 Å². The molecule has 15 heavy (non-hydrogen) atoms. The lowest BCUT2D eigenvalue weighted by Gasteiger charge is -2.02. The van der Waals surface area contributed by atoms with Gasteiger partial charge in [-0.3, -0.25) is 4.79 Å². The van der Waals surface area contributed by atoms with Crippen LogP contribution in [-0.2, 0) is 0 Å². The van der Waals surface area contributed by atoms with Gasteiger partial charge in [0.25, 0.3) is 5.91 Å². The summed E-state index contributed by atoms with van der Waals surface area (Å²) < 4.78 is 0.997. The van der Waals surface area contributed by atoms with E-state index in [9.17, 15) is 4.79 Å². The van der Waals surface area contributed by atoms with Gasteiger partial charge in [0.05, 0.1) is 4.88 Å². The molecule has 0 unspecified atom stereocenters. The first kappa shape index (κ1) is 10.4. The highest BCUT2D eigenvalue weighted by atomic mass is 79.9. The zero-order valence-electron chi connectivity index (χ0n) is 7.74. The summed E-state index contributed by atoms with van der Waals surface area (Å²) in [7, 11) is 0. The molecule has 1 aromatic carbocycles. The largest absolute Gasteiger partial charge is 0.321 e. The predicted octanol–water partition coefficient (Wildman–Crippen LogP) is 3.76. The summed E-state index contributed by atoms with van der Waals surface area (Å²) in [6.07, 6.45) is 0. The molecule has 0 saturated carbocycles. The van der Waals surface area contributed by atoms with Gasteiger partial charge in [0.1, 0.15) is 0 Å². The third-order valence-corrected chi connectivity index (χ3v) is 3.24. The average Bonchev–Trinajstić information content (AvgIpc) is 2.74. The number of thiophene rings is 1. The maximum Gasteiger partial charge on any atom is 0.265 e. The molecule has 0 spiro atoms. The molecule has 76 valence electrons. The van der Waals surface area contributed by atoms with Gasteiger partial charge in [-0.05, 0) is 35.7 Å². The van der Waals surface area contributed by atoms with Gasteiger partial charge in [0.15, 0.2) is 0 Å². The minimum Gasteiger partial charge on any atom is -0.321 e. The number of rotatable bonds is 2. The van der Waals surface area contributed by atoms with Gasteiger partial charge in [-0.25, -0.2) is 0 Å². The van der Waals surface area contributed by atoms with Crippen LogP contribution in [0.3, 0.4) is 0 Å². The Bertz CT molecular complexity index is 450. The van der Waals surface area contributed by atoms with Gasteiger partial charge in [-0.1, -0.05) is 22.0 Å². The number of halogens is 1. The van der Waals surface area contributed by atoms with Crippen LogP contribution < -0.4 is 5.32 Å². The van der Waals surface area contributed by atoms with Crippen molar-refractivity contribution in [2.75, 3.05) is 5.32 Å². The van der Waals surface area contributed by atoms with E-state index in [-0.39, 0.29) is 5.91 Å². The van der Waals surface area contributed by atoms with Crippen molar-refractivity contribution in [1.82, 2.24) is 0 Å². The van der Waals surface area contributed by atoms with Gasteiger partial charge >= 0.3 is 0 Å². The standard InChI is InChI=1S/C11H8BrNOS/c12-8-3-5-9(6-4-8)13-11(14)10-2-1-7-15-10/h1-7H,(H,13,14). The second-order valence-electron chi connectivity index (χ2n) is 2.94. The van der Waals surface area contributed by atoms with E-state index in [1.807, 2.05) is 35.7 Å². The number of hydrogen-bond donors (Lipinski definition) is 1. The van der Waals surface area contributed by atoms with Crippen LogP contribution in [-0.4, -0.2) is 5.91 Å². The maximum atomic E-state index is 11.6. The molecule has 0 bridgehead atoms. The number of carbonyl (C=O) groups is 1. The third-order valence-electron chi connectivity index (χ3n) is 1.85. The highest BCUT2D eigenvalue weighted by Crippen LogP contribution is 2.16. The first-order chi connectivity index (χ1) is 7.25. The highest BCUT2D eigenvalue weighted by molar-refractivity contribution is 9.10. The third kappa shape index (κ3) is 2.67. The fraction of sp³-hybridized carbons (Fsp3) is 0. The van der Waals surface area contributed by atoms with Crippen molar-refractivity contribution in [1.29, 1.82) is 0 Å². The predicted molar refractivity (Wildman–Crippen MR) is 66.4 cm³/mol. The Labute approximate surface area is 100 Å². The van der Waals surface area contributed by atoms with Crippen LogP contribution in [0.2, 0.25) is 0 Å². The van der Waals surface area contributed by atoms with Crippen molar-refractivity contribution in [3.63, 3.8) is 0 Å². The van der Waals surface area contributed by atoms with E-state index >= 15 is 0 Å². The van der Waals surface area contributed by atoms with Gasteiger partial charge in [0, 0.05) is 10.2 Å². The van der Waals surface area contributed by atoms with Gasteiger partial charge < -0.3 is 5.32 Å². The van der Waals surface area contributed by atoms with Crippen LogP contribution in [0.25, 0.3) is 0 Å².